The lowest BCUT2D eigenvalue weighted by atomic mass is 9.97. The molecule has 72 valence electrons. The molecule has 0 heterocycles. The van der Waals surface area contributed by atoms with Crippen molar-refractivity contribution in [3.8, 4) is 0 Å². The number of aliphatic carboxylic acids is 1. The van der Waals surface area contributed by atoms with E-state index in [0.29, 0.717) is 0 Å². The van der Waals surface area contributed by atoms with Gasteiger partial charge >= 0.3 is 5.97 Å². The molecular formula is C8H15FO3. The maximum absolute atomic E-state index is 12.4. The van der Waals surface area contributed by atoms with Crippen LogP contribution in [0.25, 0.3) is 0 Å². The molecule has 0 saturated heterocycles. The van der Waals surface area contributed by atoms with Gasteiger partial charge in [0.2, 0.25) is 0 Å². The molecule has 12 heavy (non-hydrogen) atoms. The predicted octanol–water partition coefficient (Wildman–Crippen LogP) is 1.21. The zero-order valence-electron chi connectivity index (χ0n) is 7.33. The summed E-state index contributed by atoms with van der Waals surface area (Å²) in [6.07, 6.45) is -1.74. The number of hydrogen-bond acceptors (Lipinski definition) is 2. The average molecular weight is 178 g/mol. The topological polar surface area (TPSA) is 57.5 Å². The van der Waals surface area contributed by atoms with Gasteiger partial charge in [-0.25, -0.2) is 4.39 Å². The van der Waals surface area contributed by atoms with Gasteiger partial charge in [-0.15, -0.1) is 0 Å². The summed E-state index contributed by atoms with van der Waals surface area (Å²) in [4.78, 5) is 10.5. The Morgan fingerprint density at radius 3 is 2.17 bits per heavy atom. The van der Waals surface area contributed by atoms with Crippen molar-refractivity contribution in [2.24, 2.45) is 5.92 Å². The van der Waals surface area contributed by atoms with Crippen LogP contribution in [0.3, 0.4) is 0 Å². The number of alkyl halides is 1. The summed E-state index contributed by atoms with van der Waals surface area (Å²) >= 11 is 0. The quantitative estimate of drug-likeness (QED) is 0.665. The van der Waals surface area contributed by atoms with E-state index >= 15 is 0 Å². The summed E-state index contributed by atoms with van der Waals surface area (Å²) in [6, 6.07) is 0. The zero-order chi connectivity index (χ0) is 9.72. The van der Waals surface area contributed by atoms with E-state index in [-0.39, 0.29) is 12.8 Å². The first kappa shape index (κ1) is 11.4. The number of halogens is 1. The molecule has 0 bridgehead atoms. The highest BCUT2D eigenvalue weighted by Gasteiger charge is 2.21. The molecule has 0 aliphatic rings. The third kappa shape index (κ3) is 5.07. The highest BCUT2D eigenvalue weighted by atomic mass is 19.1. The molecule has 0 aromatic rings. The smallest absolute Gasteiger partial charge is 0.306 e. The number of hydrogen-bond donors (Lipinski definition) is 2. The molecule has 3 atom stereocenters. The minimum atomic E-state index is -1.13. The molecule has 0 rings (SSSR count). The summed E-state index contributed by atoms with van der Waals surface area (Å²) in [5, 5.41) is 17.5. The summed E-state index contributed by atoms with van der Waals surface area (Å²) in [7, 11) is 0. The predicted molar refractivity (Wildman–Crippen MR) is 42.6 cm³/mol. The average Bonchev–Trinajstić information content (AvgIpc) is 1.83. The lowest BCUT2D eigenvalue weighted by Gasteiger charge is -2.14. The van der Waals surface area contributed by atoms with Crippen LogP contribution in [0.1, 0.15) is 26.7 Å². The maximum atomic E-state index is 12.4. The Bertz CT molecular complexity index is 135. The van der Waals surface area contributed by atoms with Crippen LogP contribution in [-0.4, -0.2) is 28.5 Å². The monoisotopic (exact) mass is 178 g/mol. The minimum absolute atomic E-state index is 0.0275. The van der Waals surface area contributed by atoms with Gasteiger partial charge in [0.15, 0.2) is 0 Å². The van der Waals surface area contributed by atoms with Crippen LogP contribution >= 0.6 is 0 Å². The number of carboxylic acid groups (broad SMARTS) is 1. The molecule has 0 amide bonds. The Morgan fingerprint density at radius 2 is 1.92 bits per heavy atom. The Balaban J connectivity index is 3.96. The largest absolute Gasteiger partial charge is 0.481 e. The second kappa shape index (κ2) is 5.09. The van der Waals surface area contributed by atoms with Gasteiger partial charge in [0.1, 0.15) is 0 Å². The first-order chi connectivity index (χ1) is 5.43. The molecule has 0 aliphatic carbocycles. The van der Waals surface area contributed by atoms with Crippen molar-refractivity contribution in [3.05, 3.63) is 0 Å². The molecule has 0 spiro atoms. The molecule has 0 aliphatic heterocycles. The Hall–Kier alpha value is -0.640. The van der Waals surface area contributed by atoms with Crippen molar-refractivity contribution in [1.29, 1.82) is 0 Å². The molecule has 3 unspecified atom stereocenters. The second-order valence-electron chi connectivity index (χ2n) is 3.14. The fourth-order valence-corrected chi connectivity index (χ4v) is 1.10. The summed E-state index contributed by atoms with van der Waals surface area (Å²) in [6.45, 7) is 2.82. The third-order valence-corrected chi connectivity index (χ3v) is 1.58. The van der Waals surface area contributed by atoms with Crippen LogP contribution in [0.2, 0.25) is 0 Å². The highest BCUT2D eigenvalue weighted by molar-refractivity contribution is 5.70. The van der Waals surface area contributed by atoms with Crippen molar-refractivity contribution in [3.63, 3.8) is 0 Å². The number of rotatable bonds is 5. The second-order valence-corrected chi connectivity index (χ2v) is 3.14. The van der Waals surface area contributed by atoms with E-state index in [1.54, 1.807) is 0 Å². The van der Waals surface area contributed by atoms with Gasteiger partial charge in [-0.3, -0.25) is 4.79 Å². The molecule has 0 aromatic heterocycles. The first-order valence-electron chi connectivity index (χ1n) is 3.98. The normalized spacial score (nSPS) is 18.3. The van der Waals surface area contributed by atoms with Crippen LogP contribution in [0.15, 0.2) is 0 Å². The van der Waals surface area contributed by atoms with Gasteiger partial charge in [-0.05, 0) is 26.7 Å². The number of carboxylic acids is 1. The molecule has 0 fully saturated rings. The Morgan fingerprint density at radius 1 is 1.42 bits per heavy atom. The van der Waals surface area contributed by atoms with Crippen LogP contribution in [0.4, 0.5) is 4.39 Å². The van der Waals surface area contributed by atoms with E-state index in [2.05, 4.69) is 0 Å². The molecule has 2 N–H and O–H groups in total. The summed E-state index contributed by atoms with van der Waals surface area (Å²) < 4.78 is 12.4. The summed E-state index contributed by atoms with van der Waals surface area (Å²) in [5.41, 5.74) is 0. The lowest BCUT2D eigenvalue weighted by Crippen LogP contribution is -2.21. The first-order valence-corrected chi connectivity index (χ1v) is 3.98. The van der Waals surface area contributed by atoms with E-state index < -0.39 is 24.2 Å². The minimum Gasteiger partial charge on any atom is -0.481 e. The molecule has 0 radical (unpaired) electrons. The molecule has 0 aromatic carbocycles. The van der Waals surface area contributed by atoms with Gasteiger partial charge in [0, 0.05) is 0 Å². The van der Waals surface area contributed by atoms with Crippen molar-refractivity contribution in [2.45, 2.75) is 39.0 Å². The van der Waals surface area contributed by atoms with E-state index in [0.717, 1.165) is 0 Å². The van der Waals surface area contributed by atoms with Crippen LogP contribution in [-0.2, 0) is 4.79 Å². The van der Waals surface area contributed by atoms with Crippen LogP contribution < -0.4 is 0 Å². The third-order valence-electron chi connectivity index (χ3n) is 1.58. The Labute approximate surface area is 71.2 Å². The van der Waals surface area contributed by atoms with E-state index in [1.807, 2.05) is 0 Å². The van der Waals surface area contributed by atoms with E-state index in [1.165, 1.54) is 13.8 Å². The van der Waals surface area contributed by atoms with E-state index in [9.17, 15) is 9.18 Å². The number of aliphatic hydroxyl groups is 1. The van der Waals surface area contributed by atoms with Crippen molar-refractivity contribution >= 4 is 5.97 Å². The molecule has 0 saturated carbocycles. The van der Waals surface area contributed by atoms with Gasteiger partial charge in [-0.1, -0.05) is 0 Å². The van der Waals surface area contributed by atoms with Gasteiger partial charge in [-0.2, -0.15) is 0 Å². The highest BCUT2D eigenvalue weighted by Crippen LogP contribution is 2.15. The van der Waals surface area contributed by atoms with E-state index in [4.69, 9.17) is 10.2 Å². The van der Waals surface area contributed by atoms with Gasteiger partial charge in [0.05, 0.1) is 18.2 Å². The molecule has 4 heteroatoms. The van der Waals surface area contributed by atoms with Crippen LogP contribution in [0.5, 0.6) is 0 Å². The van der Waals surface area contributed by atoms with Gasteiger partial charge in [0.25, 0.3) is 0 Å². The molecule has 3 nitrogen and oxygen atoms in total. The zero-order valence-corrected chi connectivity index (χ0v) is 7.33. The Kier molecular flexibility index (Phi) is 4.81. The molecular weight excluding hydrogens is 163 g/mol. The van der Waals surface area contributed by atoms with Crippen LogP contribution in [0, 0.1) is 5.92 Å². The van der Waals surface area contributed by atoms with Crippen molar-refractivity contribution < 1.29 is 19.4 Å². The van der Waals surface area contributed by atoms with Crippen molar-refractivity contribution in [1.82, 2.24) is 0 Å². The SMILES string of the molecule is CC(O)CC(CC(C)F)C(=O)O. The number of aliphatic hydroxyl groups excluding tert-OH is 1. The standard InChI is InChI=1S/C8H15FO3/c1-5(9)3-7(8(11)12)4-6(2)10/h5-7,10H,3-4H2,1-2H3,(H,11,12). The fourth-order valence-electron chi connectivity index (χ4n) is 1.10. The van der Waals surface area contributed by atoms with Gasteiger partial charge < -0.3 is 10.2 Å². The van der Waals surface area contributed by atoms with Crippen molar-refractivity contribution in [2.75, 3.05) is 0 Å². The fraction of sp³-hybridized carbons (Fsp3) is 0.875. The lowest BCUT2D eigenvalue weighted by molar-refractivity contribution is -0.143. The maximum Gasteiger partial charge on any atom is 0.306 e. The summed E-state index contributed by atoms with van der Waals surface area (Å²) in [5.74, 6) is -1.81. The number of carbonyl (C=O) groups is 1.